The van der Waals surface area contributed by atoms with Crippen LogP contribution in [0.15, 0.2) is 0 Å². The predicted molar refractivity (Wildman–Crippen MR) is 78.6 cm³/mol. The summed E-state index contributed by atoms with van der Waals surface area (Å²) in [6.07, 6.45) is 4.38. The molecule has 1 saturated carbocycles. The van der Waals surface area contributed by atoms with Crippen molar-refractivity contribution in [2.24, 2.45) is 5.41 Å². The standard InChI is InChI=1S/C15H26N4O/c1-14(2,3)13-17-11(18-19-13)12(20)16-10-6-8-15(4,5)9-7-10/h10H,6-9H2,1-5H3,(H,16,20)(H,17,18,19). The lowest BCUT2D eigenvalue weighted by Gasteiger charge is -2.34. The molecule has 1 aromatic rings. The number of H-pyrrole nitrogens is 1. The van der Waals surface area contributed by atoms with E-state index < -0.39 is 0 Å². The van der Waals surface area contributed by atoms with E-state index in [4.69, 9.17) is 0 Å². The number of hydrogen-bond acceptors (Lipinski definition) is 3. The molecular weight excluding hydrogens is 252 g/mol. The fourth-order valence-electron chi connectivity index (χ4n) is 2.49. The third-order valence-corrected chi connectivity index (χ3v) is 4.07. The van der Waals surface area contributed by atoms with E-state index in [2.05, 4.69) is 34.3 Å². The second-order valence-electron chi connectivity index (χ2n) is 7.67. The van der Waals surface area contributed by atoms with Crippen LogP contribution in [0.2, 0.25) is 0 Å². The van der Waals surface area contributed by atoms with E-state index in [1.54, 1.807) is 0 Å². The number of nitrogens with zero attached hydrogens (tertiary/aromatic N) is 2. The van der Waals surface area contributed by atoms with Crippen LogP contribution in [0.25, 0.3) is 0 Å². The molecule has 0 aliphatic heterocycles. The van der Waals surface area contributed by atoms with Gasteiger partial charge in [0.1, 0.15) is 5.82 Å². The maximum Gasteiger partial charge on any atom is 0.291 e. The third-order valence-electron chi connectivity index (χ3n) is 4.07. The average Bonchev–Trinajstić information content (AvgIpc) is 2.81. The molecule has 1 amide bonds. The average molecular weight is 278 g/mol. The summed E-state index contributed by atoms with van der Waals surface area (Å²) < 4.78 is 0. The highest BCUT2D eigenvalue weighted by molar-refractivity contribution is 5.90. The Hall–Kier alpha value is -1.39. The molecule has 0 aromatic carbocycles. The van der Waals surface area contributed by atoms with Crippen molar-refractivity contribution in [1.29, 1.82) is 0 Å². The number of aromatic amines is 1. The number of aromatic nitrogens is 3. The monoisotopic (exact) mass is 278 g/mol. The molecule has 1 aliphatic carbocycles. The van der Waals surface area contributed by atoms with Crippen molar-refractivity contribution in [1.82, 2.24) is 20.5 Å². The van der Waals surface area contributed by atoms with Crippen LogP contribution >= 0.6 is 0 Å². The SMILES string of the molecule is CC1(C)CCC(NC(=O)c2n[nH]c(C(C)(C)C)n2)CC1. The van der Waals surface area contributed by atoms with Crippen LogP contribution in [-0.4, -0.2) is 27.1 Å². The zero-order valence-corrected chi connectivity index (χ0v) is 13.2. The first-order chi connectivity index (χ1) is 9.17. The lowest BCUT2D eigenvalue weighted by Crippen LogP contribution is -2.39. The van der Waals surface area contributed by atoms with E-state index in [-0.39, 0.29) is 23.2 Å². The largest absolute Gasteiger partial charge is 0.347 e. The summed E-state index contributed by atoms with van der Waals surface area (Å²) in [5.41, 5.74) is 0.283. The summed E-state index contributed by atoms with van der Waals surface area (Å²) in [5, 5.41) is 9.94. The highest BCUT2D eigenvalue weighted by Crippen LogP contribution is 2.35. The van der Waals surface area contributed by atoms with Gasteiger partial charge in [0.2, 0.25) is 5.82 Å². The number of carbonyl (C=O) groups is 1. The van der Waals surface area contributed by atoms with Gasteiger partial charge in [-0.2, -0.15) is 0 Å². The molecule has 20 heavy (non-hydrogen) atoms. The first-order valence-electron chi connectivity index (χ1n) is 7.41. The van der Waals surface area contributed by atoms with Crippen molar-refractivity contribution in [3.8, 4) is 0 Å². The summed E-state index contributed by atoms with van der Waals surface area (Å²) in [6.45, 7) is 10.7. The highest BCUT2D eigenvalue weighted by Gasteiger charge is 2.29. The lowest BCUT2D eigenvalue weighted by molar-refractivity contribution is 0.0899. The maximum atomic E-state index is 12.2. The first kappa shape index (κ1) is 15.0. The fourth-order valence-corrected chi connectivity index (χ4v) is 2.49. The topological polar surface area (TPSA) is 70.7 Å². The van der Waals surface area contributed by atoms with Crippen molar-refractivity contribution in [2.45, 2.75) is 71.8 Å². The van der Waals surface area contributed by atoms with E-state index in [0.717, 1.165) is 31.5 Å². The molecule has 1 fully saturated rings. The Labute approximate surface area is 120 Å². The van der Waals surface area contributed by atoms with Crippen LogP contribution in [0, 0.1) is 5.41 Å². The Bertz CT molecular complexity index is 474. The molecule has 0 atom stereocenters. The minimum Gasteiger partial charge on any atom is -0.347 e. The molecule has 5 nitrogen and oxygen atoms in total. The van der Waals surface area contributed by atoms with Crippen LogP contribution < -0.4 is 5.32 Å². The van der Waals surface area contributed by atoms with Gasteiger partial charge in [-0.05, 0) is 31.1 Å². The molecule has 0 radical (unpaired) electrons. The fraction of sp³-hybridized carbons (Fsp3) is 0.800. The van der Waals surface area contributed by atoms with E-state index in [9.17, 15) is 4.79 Å². The molecular formula is C15H26N4O. The number of hydrogen-bond donors (Lipinski definition) is 2. The second-order valence-corrected chi connectivity index (χ2v) is 7.67. The number of carbonyl (C=O) groups excluding carboxylic acids is 1. The Balaban J connectivity index is 1.94. The van der Waals surface area contributed by atoms with Crippen LogP contribution in [0.4, 0.5) is 0 Å². The molecule has 1 heterocycles. The molecule has 2 N–H and O–H groups in total. The molecule has 1 aliphatic rings. The minimum atomic E-state index is -0.165. The minimum absolute atomic E-state index is 0.125. The molecule has 5 heteroatoms. The normalized spacial score (nSPS) is 19.9. The summed E-state index contributed by atoms with van der Waals surface area (Å²) in [6, 6.07) is 0.257. The van der Waals surface area contributed by atoms with Gasteiger partial charge in [-0.3, -0.25) is 9.89 Å². The van der Waals surface area contributed by atoms with Crippen LogP contribution in [0.3, 0.4) is 0 Å². The molecule has 2 rings (SSSR count). The van der Waals surface area contributed by atoms with E-state index in [1.807, 2.05) is 20.8 Å². The van der Waals surface area contributed by atoms with E-state index in [0.29, 0.717) is 5.41 Å². The smallest absolute Gasteiger partial charge is 0.291 e. The number of amides is 1. The van der Waals surface area contributed by atoms with Gasteiger partial charge in [-0.25, -0.2) is 4.98 Å². The van der Waals surface area contributed by atoms with Gasteiger partial charge in [0, 0.05) is 11.5 Å². The zero-order chi connectivity index (χ0) is 15.0. The zero-order valence-electron chi connectivity index (χ0n) is 13.2. The molecule has 0 bridgehead atoms. The quantitative estimate of drug-likeness (QED) is 0.874. The van der Waals surface area contributed by atoms with Gasteiger partial charge >= 0.3 is 0 Å². The van der Waals surface area contributed by atoms with Gasteiger partial charge in [0.05, 0.1) is 0 Å². The first-order valence-corrected chi connectivity index (χ1v) is 7.41. The summed E-state index contributed by atoms with van der Waals surface area (Å²) in [4.78, 5) is 16.5. The van der Waals surface area contributed by atoms with Gasteiger partial charge in [0.15, 0.2) is 0 Å². The van der Waals surface area contributed by atoms with E-state index >= 15 is 0 Å². The second kappa shape index (κ2) is 5.19. The molecule has 0 spiro atoms. The van der Waals surface area contributed by atoms with Crippen molar-refractivity contribution >= 4 is 5.91 Å². The summed E-state index contributed by atoms with van der Waals surface area (Å²) >= 11 is 0. The maximum absolute atomic E-state index is 12.2. The number of nitrogens with one attached hydrogen (secondary N) is 2. The Kier molecular flexibility index (Phi) is 3.89. The Morgan fingerprint density at radius 2 is 1.90 bits per heavy atom. The van der Waals surface area contributed by atoms with Crippen molar-refractivity contribution < 1.29 is 4.79 Å². The van der Waals surface area contributed by atoms with Crippen molar-refractivity contribution in [3.05, 3.63) is 11.6 Å². The van der Waals surface area contributed by atoms with Crippen LogP contribution in [0.1, 0.15) is 76.7 Å². The lowest BCUT2D eigenvalue weighted by atomic mass is 9.75. The van der Waals surface area contributed by atoms with Gasteiger partial charge in [0.25, 0.3) is 5.91 Å². The molecule has 112 valence electrons. The summed E-state index contributed by atoms with van der Waals surface area (Å²) in [5.74, 6) is 0.827. The summed E-state index contributed by atoms with van der Waals surface area (Å²) in [7, 11) is 0. The van der Waals surface area contributed by atoms with Gasteiger partial charge in [-0.15, -0.1) is 5.10 Å². The molecule has 1 aromatic heterocycles. The van der Waals surface area contributed by atoms with Gasteiger partial charge < -0.3 is 5.32 Å². The van der Waals surface area contributed by atoms with Crippen molar-refractivity contribution in [2.75, 3.05) is 0 Å². The molecule has 0 saturated heterocycles. The van der Waals surface area contributed by atoms with Crippen LogP contribution in [-0.2, 0) is 5.41 Å². The number of rotatable bonds is 2. The third kappa shape index (κ3) is 3.58. The predicted octanol–water partition coefficient (Wildman–Crippen LogP) is 2.80. The van der Waals surface area contributed by atoms with E-state index in [1.165, 1.54) is 0 Å². The Morgan fingerprint density at radius 3 is 2.40 bits per heavy atom. The van der Waals surface area contributed by atoms with Crippen LogP contribution in [0.5, 0.6) is 0 Å². The molecule has 0 unspecified atom stereocenters. The highest BCUT2D eigenvalue weighted by atomic mass is 16.2. The Morgan fingerprint density at radius 1 is 1.30 bits per heavy atom. The van der Waals surface area contributed by atoms with Crippen molar-refractivity contribution in [3.63, 3.8) is 0 Å². The van der Waals surface area contributed by atoms with Gasteiger partial charge in [-0.1, -0.05) is 34.6 Å².